The molecule has 0 spiro atoms. The zero-order valence-corrected chi connectivity index (χ0v) is 7.84. The summed E-state index contributed by atoms with van der Waals surface area (Å²) >= 11 is 6.00. The molecular formula is C10H10ClNO. The number of nitrogens with two attached hydrogens (primary N) is 1. The number of amides is 1. The van der Waals surface area contributed by atoms with E-state index < -0.39 is 0 Å². The summed E-state index contributed by atoms with van der Waals surface area (Å²) in [6.45, 7) is 0. The summed E-state index contributed by atoms with van der Waals surface area (Å²) in [5.74, 6) is -0.449. The summed E-state index contributed by atoms with van der Waals surface area (Å²) in [4.78, 5) is 11.1. The van der Waals surface area contributed by atoms with Gasteiger partial charge in [0.2, 0.25) is 5.91 Å². The number of rotatable bonds is 1. The van der Waals surface area contributed by atoms with Crippen LogP contribution in [-0.2, 0) is 11.2 Å². The normalized spacial score (nSPS) is 19.9. The van der Waals surface area contributed by atoms with Gasteiger partial charge in [-0.1, -0.05) is 23.7 Å². The molecule has 0 radical (unpaired) electrons. The van der Waals surface area contributed by atoms with Gasteiger partial charge in [0.1, 0.15) is 0 Å². The number of primary amides is 1. The summed E-state index contributed by atoms with van der Waals surface area (Å²) in [5.41, 5.74) is 7.39. The van der Waals surface area contributed by atoms with Gasteiger partial charge in [-0.3, -0.25) is 4.79 Å². The van der Waals surface area contributed by atoms with Crippen molar-refractivity contribution in [2.45, 2.75) is 18.8 Å². The van der Waals surface area contributed by atoms with Crippen molar-refractivity contribution >= 4 is 17.5 Å². The van der Waals surface area contributed by atoms with E-state index in [4.69, 9.17) is 17.3 Å². The molecule has 2 nitrogen and oxygen atoms in total. The zero-order valence-electron chi connectivity index (χ0n) is 7.09. The minimum atomic E-state index is -0.271. The SMILES string of the molecule is NC(=O)[C@H]1CCc2cccc(Cl)c21. The molecule has 1 amide bonds. The van der Waals surface area contributed by atoms with Crippen molar-refractivity contribution in [2.75, 3.05) is 0 Å². The third-order valence-corrected chi connectivity index (χ3v) is 2.87. The van der Waals surface area contributed by atoms with Crippen LogP contribution >= 0.6 is 11.6 Å². The zero-order chi connectivity index (χ0) is 9.42. The third-order valence-electron chi connectivity index (χ3n) is 2.54. The third kappa shape index (κ3) is 1.31. The summed E-state index contributed by atoms with van der Waals surface area (Å²) in [6.07, 6.45) is 1.71. The van der Waals surface area contributed by atoms with Gasteiger partial charge in [0, 0.05) is 5.02 Å². The van der Waals surface area contributed by atoms with Crippen LogP contribution in [0.25, 0.3) is 0 Å². The van der Waals surface area contributed by atoms with Crippen molar-refractivity contribution in [1.29, 1.82) is 0 Å². The number of halogens is 1. The highest BCUT2D eigenvalue weighted by atomic mass is 35.5. The molecule has 0 heterocycles. The average molecular weight is 196 g/mol. The Balaban J connectivity index is 2.52. The van der Waals surface area contributed by atoms with Crippen LogP contribution in [0.5, 0.6) is 0 Å². The lowest BCUT2D eigenvalue weighted by Crippen LogP contribution is -2.19. The van der Waals surface area contributed by atoms with E-state index in [1.807, 2.05) is 18.2 Å². The molecule has 1 aliphatic carbocycles. The fourth-order valence-electron chi connectivity index (χ4n) is 1.92. The molecule has 1 aliphatic rings. The highest BCUT2D eigenvalue weighted by Crippen LogP contribution is 2.37. The first kappa shape index (κ1) is 8.57. The molecule has 0 aromatic heterocycles. The van der Waals surface area contributed by atoms with Crippen LogP contribution < -0.4 is 5.73 Å². The number of benzene rings is 1. The highest BCUT2D eigenvalue weighted by molar-refractivity contribution is 6.31. The van der Waals surface area contributed by atoms with Crippen LogP contribution in [0.2, 0.25) is 5.02 Å². The second kappa shape index (κ2) is 3.04. The molecule has 0 fully saturated rings. The van der Waals surface area contributed by atoms with Crippen LogP contribution in [0.15, 0.2) is 18.2 Å². The predicted molar refractivity (Wildman–Crippen MR) is 51.7 cm³/mol. The topological polar surface area (TPSA) is 43.1 Å². The lowest BCUT2D eigenvalue weighted by molar-refractivity contribution is -0.119. The predicted octanol–water partition coefficient (Wildman–Crippen LogP) is 1.86. The summed E-state index contributed by atoms with van der Waals surface area (Å²) in [5, 5.41) is 0.666. The molecular weight excluding hydrogens is 186 g/mol. The van der Waals surface area contributed by atoms with Gasteiger partial charge < -0.3 is 5.73 Å². The number of carbonyl (C=O) groups excluding carboxylic acids is 1. The van der Waals surface area contributed by atoms with Crippen LogP contribution in [0.1, 0.15) is 23.5 Å². The van der Waals surface area contributed by atoms with Crippen LogP contribution in [0, 0.1) is 0 Å². The van der Waals surface area contributed by atoms with Crippen molar-refractivity contribution in [2.24, 2.45) is 5.73 Å². The Hall–Kier alpha value is -1.02. The largest absolute Gasteiger partial charge is 0.369 e. The number of hydrogen-bond donors (Lipinski definition) is 1. The summed E-state index contributed by atoms with van der Waals surface area (Å²) in [7, 11) is 0. The maximum atomic E-state index is 11.1. The maximum absolute atomic E-state index is 11.1. The first-order chi connectivity index (χ1) is 6.20. The lowest BCUT2D eigenvalue weighted by Gasteiger charge is -2.08. The monoisotopic (exact) mass is 195 g/mol. The Morgan fingerprint density at radius 3 is 3.00 bits per heavy atom. The molecule has 2 N–H and O–H groups in total. The minimum absolute atomic E-state index is 0.177. The van der Waals surface area contributed by atoms with Gasteiger partial charge >= 0.3 is 0 Å². The van der Waals surface area contributed by atoms with E-state index in [2.05, 4.69) is 0 Å². The molecule has 2 rings (SSSR count). The summed E-state index contributed by atoms with van der Waals surface area (Å²) < 4.78 is 0. The average Bonchev–Trinajstić information content (AvgIpc) is 2.49. The van der Waals surface area contributed by atoms with E-state index in [-0.39, 0.29) is 11.8 Å². The van der Waals surface area contributed by atoms with Crippen molar-refractivity contribution in [3.05, 3.63) is 34.3 Å². The van der Waals surface area contributed by atoms with E-state index in [1.165, 1.54) is 0 Å². The molecule has 0 saturated heterocycles. The van der Waals surface area contributed by atoms with Crippen molar-refractivity contribution in [1.82, 2.24) is 0 Å². The summed E-state index contributed by atoms with van der Waals surface area (Å²) in [6, 6.07) is 5.72. The van der Waals surface area contributed by atoms with Gasteiger partial charge in [-0.25, -0.2) is 0 Å². The molecule has 0 aliphatic heterocycles. The second-order valence-corrected chi connectivity index (χ2v) is 3.71. The fourth-order valence-corrected chi connectivity index (χ4v) is 2.24. The molecule has 1 aromatic carbocycles. The number of fused-ring (bicyclic) bond motifs is 1. The van der Waals surface area contributed by atoms with Gasteiger partial charge in [-0.15, -0.1) is 0 Å². The van der Waals surface area contributed by atoms with Crippen molar-refractivity contribution in [3.63, 3.8) is 0 Å². The van der Waals surface area contributed by atoms with E-state index in [0.29, 0.717) is 5.02 Å². The lowest BCUT2D eigenvalue weighted by atomic mass is 10.0. The van der Waals surface area contributed by atoms with Gasteiger partial charge in [-0.05, 0) is 30.0 Å². The fraction of sp³-hybridized carbons (Fsp3) is 0.300. The molecule has 1 atom stereocenters. The van der Waals surface area contributed by atoms with Gasteiger partial charge in [0.15, 0.2) is 0 Å². The van der Waals surface area contributed by atoms with Gasteiger partial charge in [-0.2, -0.15) is 0 Å². The van der Waals surface area contributed by atoms with Gasteiger partial charge in [0.25, 0.3) is 0 Å². The van der Waals surface area contributed by atoms with Crippen LogP contribution in [0.3, 0.4) is 0 Å². The second-order valence-electron chi connectivity index (χ2n) is 3.31. The molecule has 0 unspecified atom stereocenters. The molecule has 3 heteroatoms. The maximum Gasteiger partial charge on any atom is 0.225 e. The molecule has 1 aromatic rings. The highest BCUT2D eigenvalue weighted by Gasteiger charge is 2.28. The Labute approximate surface area is 81.7 Å². The minimum Gasteiger partial charge on any atom is -0.369 e. The molecule has 68 valence electrons. The Kier molecular flexibility index (Phi) is 2.00. The van der Waals surface area contributed by atoms with E-state index in [9.17, 15) is 4.79 Å². The van der Waals surface area contributed by atoms with Crippen molar-refractivity contribution in [3.8, 4) is 0 Å². The number of aryl methyl sites for hydroxylation is 1. The Morgan fingerprint density at radius 2 is 2.31 bits per heavy atom. The molecule has 0 saturated carbocycles. The van der Waals surface area contributed by atoms with E-state index >= 15 is 0 Å². The smallest absolute Gasteiger partial charge is 0.225 e. The standard InChI is InChI=1S/C10H10ClNO/c11-8-3-1-2-6-4-5-7(9(6)8)10(12)13/h1-3,7H,4-5H2,(H2,12,13)/t7-/m0/s1. The first-order valence-electron chi connectivity index (χ1n) is 4.26. The first-order valence-corrected chi connectivity index (χ1v) is 4.64. The van der Waals surface area contributed by atoms with E-state index in [0.717, 1.165) is 24.0 Å². The molecule has 13 heavy (non-hydrogen) atoms. The number of carbonyl (C=O) groups is 1. The van der Waals surface area contributed by atoms with Crippen LogP contribution in [0.4, 0.5) is 0 Å². The van der Waals surface area contributed by atoms with Gasteiger partial charge in [0.05, 0.1) is 5.92 Å². The van der Waals surface area contributed by atoms with Crippen molar-refractivity contribution < 1.29 is 4.79 Å². The van der Waals surface area contributed by atoms with Crippen LogP contribution in [-0.4, -0.2) is 5.91 Å². The Morgan fingerprint density at radius 1 is 1.54 bits per heavy atom. The quantitative estimate of drug-likeness (QED) is 0.730. The van der Waals surface area contributed by atoms with E-state index in [1.54, 1.807) is 0 Å². The molecule has 0 bridgehead atoms. The Bertz CT molecular complexity index is 362. The number of hydrogen-bond acceptors (Lipinski definition) is 1.